The van der Waals surface area contributed by atoms with Crippen molar-refractivity contribution in [1.29, 1.82) is 0 Å². The molecule has 0 N–H and O–H groups in total. The van der Waals surface area contributed by atoms with Gasteiger partial charge in [0, 0.05) is 59.5 Å². The molecule has 0 aliphatic carbocycles. The number of nitrogens with zero attached hydrogens (tertiary/aromatic N) is 3. The summed E-state index contributed by atoms with van der Waals surface area (Å²) in [6.07, 6.45) is 0. The third kappa shape index (κ3) is 2.73. The monoisotopic (exact) mass is 619 g/mol. The Bertz CT molecular complexity index is 3540. The first-order valence-electron chi connectivity index (χ1n) is 17.0. The van der Waals surface area contributed by atoms with E-state index in [1.807, 2.05) is 0 Å². The summed E-state index contributed by atoms with van der Waals surface area (Å²) in [5, 5.41) is 15.7. The van der Waals surface area contributed by atoms with Crippen LogP contribution in [0, 0.1) is 0 Å². The van der Waals surface area contributed by atoms with Crippen LogP contribution >= 0.6 is 0 Å². The lowest BCUT2D eigenvalue weighted by Gasteiger charge is -2.10. The van der Waals surface area contributed by atoms with Gasteiger partial charge in [-0.05, 0) is 59.3 Å². The first kappa shape index (κ1) is 24.6. The molecule has 0 atom stereocenters. The second-order valence-corrected chi connectivity index (χ2v) is 13.7. The largest absolute Gasteiger partial charge is 0.309 e. The minimum absolute atomic E-state index is 1.18. The van der Waals surface area contributed by atoms with Crippen LogP contribution in [0.2, 0.25) is 0 Å². The van der Waals surface area contributed by atoms with Gasteiger partial charge in [0.2, 0.25) is 0 Å². The van der Waals surface area contributed by atoms with Crippen LogP contribution in [0.15, 0.2) is 152 Å². The van der Waals surface area contributed by atoms with Crippen molar-refractivity contribution in [2.45, 2.75) is 0 Å². The summed E-state index contributed by atoms with van der Waals surface area (Å²) in [6.45, 7) is 0. The van der Waals surface area contributed by atoms with Gasteiger partial charge in [-0.1, -0.05) is 103 Å². The van der Waals surface area contributed by atoms with Gasteiger partial charge in [-0.25, -0.2) is 0 Å². The molecule has 0 bridgehead atoms. The van der Waals surface area contributed by atoms with Crippen molar-refractivity contribution in [3.05, 3.63) is 152 Å². The van der Waals surface area contributed by atoms with Gasteiger partial charge in [0.05, 0.1) is 44.1 Å². The van der Waals surface area contributed by atoms with Crippen molar-refractivity contribution in [2.24, 2.45) is 0 Å². The number of hydrogen-bond donors (Lipinski definition) is 0. The summed E-state index contributed by atoms with van der Waals surface area (Å²) < 4.78 is 7.56. The van der Waals surface area contributed by atoms with Crippen LogP contribution in [0.4, 0.5) is 0 Å². The summed E-state index contributed by atoms with van der Waals surface area (Å²) in [5.41, 5.74) is 11.3. The molecule has 49 heavy (non-hydrogen) atoms. The molecule has 3 heteroatoms. The number of hydrogen-bond acceptors (Lipinski definition) is 0. The molecule has 0 unspecified atom stereocenters. The highest BCUT2D eigenvalue weighted by Crippen LogP contribution is 2.49. The molecule has 0 amide bonds. The molecule has 0 fully saturated rings. The average Bonchev–Trinajstić information content (AvgIpc) is 3.94. The Kier molecular flexibility index (Phi) is 4.15. The van der Waals surface area contributed by atoms with Gasteiger partial charge in [-0.3, -0.25) is 0 Å². The molecule has 0 aliphatic rings. The normalized spacial score (nSPS) is 12.9. The fraction of sp³-hybridized carbons (Fsp3) is 0. The summed E-state index contributed by atoms with van der Waals surface area (Å²) in [7, 11) is 0. The van der Waals surface area contributed by atoms with Crippen LogP contribution in [0.1, 0.15) is 0 Å². The van der Waals surface area contributed by atoms with E-state index in [2.05, 4.69) is 165 Å². The van der Waals surface area contributed by atoms with Crippen LogP contribution in [-0.2, 0) is 0 Å². The third-order valence-electron chi connectivity index (χ3n) is 11.4. The van der Waals surface area contributed by atoms with Crippen molar-refractivity contribution < 1.29 is 0 Å². The Morgan fingerprint density at radius 2 is 0.898 bits per heavy atom. The van der Waals surface area contributed by atoms with Gasteiger partial charge in [0.25, 0.3) is 0 Å². The van der Waals surface area contributed by atoms with E-state index in [1.54, 1.807) is 0 Å². The highest BCUT2D eigenvalue weighted by Gasteiger charge is 2.26. The minimum atomic E-state index is 1.18. The molecular formula is C46H25N3. The van der Waals surface area contributed by atoms with Crippen molar-refractivity contribution in [2.75, 3.05) is 0 Å². The van der Waals surface area contributed by atoms with Crippen LogP contribution < -0.4 is 0 Å². The van der Waals surface area contributed by atoms with Crippen LogP contribution in [0.5, 0.6) is 0 Å². The molecule has 0 saturated heterocycles. The van der Waals surface area contributed by atoms with Gasteiger partial charge >= 0.3 is 0 Å². The quantitative estimate of drug-likeness (QED) is 0.174. The maximum atomic E-state index is 2.57. The molecular weight excluding hydrogens is 595 g/mol. The third-order valence-corrected chi connectivity index (χ3v) is 11.4. The van der Waals surface area contributed by atoms with E-state index in [-0.39, 0.29) is 0 Å². The van der Waals surface area contributed by atoms with Crippen LogP contribution in [0.25, 0.3) is 114 Å². The summed E-state index contributed by atoms with van der Waals surface area (Å²) >= 11 is 0. The fourth-order valence-electron chi connectivity index (χ4n) is 9.59. The Balaban J connectivity index is 1.33. The number of aromatic nitrogens is 3. The molecule has 0 radical (unpaired) electrons. The van der Waals surface area contributed by atoms with Crippen molar-refractivity contribution >= 4 is 109 Å². The van der Waals surface area contributed by atoms with E-state index in [9.17, 15) is 0 Å². The van der Waals surface area contributed by atoms with Gasteiger partial charge in [0.15, 0.2) is 0 Å². The highest BCUT2D eigenvalue weighted by atomic mass is 15.0. The Labute approximate surface area is 278 Å². The van der Waals surface area contributed by atoms with E-state index in [1.165, 1.54) is 114 Å². The topological polar surface area (TPSA) is 13.8 Å². The van der Waals surface area contributed by atoms with E-state index < -0.39 is 0 Å². The second-order valence-electron chi connectivity index (χ2n) is 13.7. The molecule has 13 rings (SSSR count). The predicted octanol–water partition coefficient (Wildman–Crippen LogP) is 12.2. The lowest BCUT2D eigenvalue weighted by atomic mass is 9.98. The van der Waals surface area contributed by atoms with Gasteiger partial charge in [-0.15, -0.1) is 0 Å². The Morgan fingerprint density at radius 1 is 0.286 bits per heavy atom. The zero-order chi connectivity index (χ0) is 31.5. The second kappa shape index (κ2) is 8.28. The van der Waals surface area contributed by atoms with Gasteiger partial charge < -0.3 is 13.4 Å². The highest BCUT2D eigenvalue weighted by molar-refractivity contribution is 6.37. The molecule has 0 spiro atoms. The molecule has 0 saturated carbocycles. The molecule has 5 aromatic heterocycles. The molecule has 8 aromatic carbocycles. The molecule has 3 nitrogen and oxygen atoms in total. The fourth-order valence-corrected chi connectivity index (χ4v) is 9.59. The van der Waals surface area contributed by atoms with E-state index in [0.29, 0.717) is 0 Å². The summed E-state index contributed by atoms with van der Waals surface area (Å²) in [5.74, 6) is 0. The van der Waals surface area contributed by atoms with Crippen molar-refractivity contribution in [3.8, 4) is 5.69 Å². The first-order valence-corrected chi connectivity index (χ1v) is 17.0. The number of benzene rings is 8. The zero-order valence-corrected chi connectivity index (χ0v) is 26.3. The Morgan fingerprint density at radius 3 is 1.73 bits per heavy atom. The maximum Gasteiger partial charge on any atom is 0.0641 e. The average molecular weight is 620 g/mol. The van der Waals surface area contributed by atoms with Gasteiger partial charge in [0.1, 0.15) is 0 Å². The lowest BCUT2D eigenvalue weighted by Crippen LogP contribution is -1.93. The smallest absolute Gasteiger partial charge is 0.0641 e. The SMILES string of the molecule is c1ccc(-n2c3ccccc3c3ccc4c(c5c6ccccc6cc6c7cc8c9cccc%10c%11ccccc%11n(c8cc7n4c65)c%109)c32)cc1. The van der Waals surface area contributed by atoms with E-state index in [4.69, 9.17) is 0 Å². The maximum absolute atomic E-state index is 2.57. The number of fused-ring (bicyclic) bond motifs is 18. The van der Waals surface area contributed by atoms with Gasteiger partial charge in [-0.2, -0.15) is 0 Å². The summed E-state index contributed by atoms with van der Waals surface area (Å²) in [4.78, 5) is 0. The van der Waals surface area contributed by atoms with E-state index in [0.717, 1.165) is 0 Å². The number of rotatable bonds is 1. The Hall–Kier alpha value is -6.58. The number of para-hydroxylation sites is 4. The summed E-state index contributed by atoms with van der Waals surface area (Å²) in [6, 6.07) is 56.4. The standard InChI is InChI=1S/C46H25N3/c1-2-12-27(13-3-1)47-37-19-8-6-16-30(37)33-21-22-39-43(45(33)47)42-28-14-5-4-11-26(28)23-36-35-24-34-32-18-10-17-31-29-15-7-9-20-38(29)48(44(31)32)40(34)25-41(35)49(39)46(36)42/h1-25H. The molecule has 13 aromatic rings. The van der Waals surface area contributed by atoms with Crippen molar-refractivity contribution in [3.63, 3.8) is 0 Å². The zero-order valence-electron chi connectivity index (χ0n) is 26.3. The van der Waals surface area contributed by atoms with Crippen LogP contribution in [0.3, 0.4) is 0 Å². The predicted molar refractivity (Wildman–Crippen MR) is 208 cm³/mol. The molecule has 5 heterocycles. The van der Waals surface area contributed by atoms with E-state index >= 15 is 0 Å². The lowest BCUT2D eigenvalue weighted by molar-refractivity contribution is 1.19. The minimum Gasteiger partial charge on any atom is -0.309 e. The molecule has 0 aliphatic heterocycles. The molecule has 224 valence electrons. The first-order chi connectivity index (χ1) is 24.3. The van der Waals surface area contributed by atoms with Crippen molar-refractivity contribution in [1.82, 2.24) is 13.4 Å². The van der Waals surface area contributed by atoms with Crippen LogP contribution in [-0.4, -0.2) is 13.4 Å².